The van der Waals surface area contributed by atoms with Gasteiger partial charge in [-0.15, -0.1) is 0 Å². The molecule has 0 saturated heterocycles. The fourth-order valence-corrected chi connectivity index (χ4v) is 3.46. The molecule has 0 radical (unpaired) electrons. The molecule has 142 valence electrons. The third-order valence-corrected chi connectivity index (χ3v) is 5.03. The second-order valence-corrected chi connectivity index (χ2v) is 7.05. The number of nitriles is 1. The first kappa shape index (κ1) is 19.0. The predicted octanol–water partition coefficient (Wildman–Crippen LogP) is 5.04. The molecule has 2 aromatic rings. The second-order valence-electron chi connectivity index (χ2n) is 7.05. The van der Waals surface area contributed by atoms with Crippen LogP contribution in [0.25, 0.3) is 5.57 Å². The molecule has 1 aliphatic carbocycles. The summed E-state index contributed by atoms with van der Waals surface area (Å²) >= 11 is 0. The van der Waals surface area contributed by atoms with Crippen molar-refractivity contribution >= 4 is 11.3 Å². The highest BCUT2D eigenvalue weighted by Crippen LogP contribution is 2.37. The SMILES string of the molecule is CC(C)n1cncc1C1=CCC(N(C)c2ccc(C#N)c(C(F)(F)F)c2)C1. The van der Waals surface area contributed by atoms with Crippen molar-refractivity contribution in [2.24, 2.45) is 0 Å². The minimum Gasteiger partial charge on any atom is -0.371 e. The number of rotatable bonds is 4. The maximum atomic E-state index is 13.2. The number of alkyl halides is 3. The number of imidazole rings is 1. The third-order valence-electron chi connectivity index (χ3n) is 5.03. The van der Waals surface area contributed by atoms with E-state index in [1.807, 2.05) is 11.1 Å². The Balaban J connectivity index is 1.82. The smallest absolute Gasteiger partial charge is 0.371 e. The largest absolute Gasteiger partial charge is 0.417 e. The van der Waals surface area contributed by atoms with Crippen LogP contribution >= 0.6 is 0 Å². The molecule has 1 heterocycles. The van der Waals surface area contributed by atoms with Crippen molar-refractivity contribution in [1.82, 2.24) is 9.55 Å². The molecule has 1 aromatic carbocycles. The monoisotopic (exact) mass is 374 g/mol. The lowest BCUT2D eigenvalue weighted by Crippen LogP contribution is -2.29. The Kier molecular flexibility index (Phi) is 5.01. The molecule has 0 fully saturated rings. The first-order valence-electron chi connectivity index (χ1n) is 8.77. The lowest BCUT2D eigenvalue weighted by Gasteiger charge is -2.28. The number of nitrogens with zero attached hydrogens (tertiary/aromatic N) is 4. The summed E-state index contributed by atoms with van der Waals surface area (Å²) in [4.78, 5) is 6.08. The molecule has 0 amide bonds. The van der Waals surface area contributed by atoms with E-state index in [9.17, 15) is 13.2 Å². The van der Waals surface area contributed by atoms with E-state index in [4.69, 9.17) is 5.26 Å². The van der Waals surface area contributed by atoms with Crippen LogP contribution in [-0.4, -0.2) is 22.6 Å². The van der Waals surface area contributed by atoms with Crippen LogP contribution in [0.5, 0.6) is 0 Å². The minimum absolute atomic E-state index is 0.0598. The molecule has 27 heavy (non-hydrogen) atoms. The number of hydrogen-bond acceptors (Lipinski definition) is 3. The van der Waals surface area contributed by atoms with E-state index in [1.54, 1.807) is 25.5 Å². The van der Waals surface area contributed by atoms with E-state index in [0.717, 1.165) is 30.2 Å². The molecule has 1 aliphatic rings. The predicted molar refractivity (Wildman–Crippen MR) is 98.2 cm³/mol. The summed E-state index contributed by atoms with van der Waals surface area (Å²) in [6, 6.07) is 5.85. The number of benzene rings is 1. The lowest BCUT2D eigenvalue weighted by atomic mass is 10.0. The van der Waals surface area contributed by atoms with Gasteiger partial charge in [0, 0.05) is 24.8 Å². The van der Waals surface area contributed by atoms with Crippen LogP contribution < -0.4 is 4.90 Å². The first-order chi connectivity index (χ1) is 12.7. The van der Waals surface area contributed by atoms with Gasteiger partial charge in [0.05, 0.1) is 35.4 Å². The Labute approximate surface area is 156 Å². The molecule has 1 aromatic heterocycles. The molecule has 7 heteroatoms. The van der Waals surface area contributed by atoms with Gasteiger partial charge >= 0.3 is 6.18 Å². The standard InChI is InChI=1S/C20H21F3N4/c1-13(2)27-12-25-11-19(27)14-4-6-16(8-14)26(3)17-7-5-15(10-24)18(9-17)20(21,22)23/h4-5,7,9,11-13,16H,6,8H2,1-3H3. The molecule has 1 unspecified atom stereocenters. The van der Waals surface area contributed by atoms with Crippen LogP contribution in [-0.2, 0) is 6.18 Å². The van der Waals surface area contributed by atoms with Crippen LogP contribution in [0.15, 0.2) is 36.8 Å². The lowest BCUT2D eigenvalue weighted by molar-refractivity contribution is -0.137. The first-order valence-corrected chi connectivity index (χ1v) is 8.77. The molecule has 0 saturated carbocycles. The van der Waals surface area contributed by atoms with Crippen molar-refractivity contribution in [2.75, 3.05) is 11.9 Å². The van der Waals surface area contributed by atoms with Gasteiger partial charge in [-0.05, 0) is 50.5 Å². The van der Waals surface area contributed by atoms with E-state index in [2.05, 4.69) is 29.5 Å². The molecule has 1 atom stereocenters. The van der Waals surface area contributed by atoms with Gasteiger partial charge in [0.15, 0.2) is 0 Å². The highest BCUT2D eigenvalue weighted by atomic mass is 19.4. The maximum absolute atomic E-state index is 13.2. The van der Waals surface area contributed by atoms with Gasteiger partial charge in [0.2, 0.25) is 0 Å². The molecule has 3 rings (SSSR count). The average Bonchev–Trinajstić information content (AvgIpc) is 3.28. The van der Waals surface area contributed by atoms with E-state index in [1.165, 1.54) is 6.07 Å². The summed E-state index contributed by atoms with van der Waals surface area (Å²) in [5, 5.41) is 8.95. The Morgan fingerprint density at radius 3 is 2.70 bits per heavy atom. The molecular formula is C20H21F3N4. The van der Waals surface area contributed by atoms with Gasteiger partial charge < -0.3 is 9.47 Å². The van der Waals surface area contributed by atoms with Crippen molar-refractivity contribution < 1.29 is 13.2 Å². The molecular weight excluding hydrogens is 353 g/mol. The summed E-state index contributed by atoms with van der Waals surface area (Å²) in [5.41, 5.74) is 1.42. The van der Waals surface area contributed by atoms with Gasteiger partial charge in [0.1, 0.15) is 0 Å². The zero-order chi connectivity index (χ0) is 19.8. The topological polar surface area (TPSA) is 44.9 Å². The van der Waals surface area contributed by atoms with E-state index in [0.29, 0.717) is 5.69 Å². The van der Waals surface area contributed by atoms with Crippen molar-refractivity contribution in [2.45, 2.75) is 44.9 Å². The maximum Gasteiger partial charge on any atom is 0.417 e. The summed E-state index contributed by atoms with van der Waals surface area (Å²) in [6.07, 6.45) is 2.69. The van der Waals surface area contributed by atoms with Crippen LogP contribution in [0.4, 0.5) is 18.9 Å². The third kappa shape index (κ3) is 3.70. The zero-order valence-corrected chi connectivity index (χ0v) is 15.5. The average molecular weight is 374 g/mol. The summed E-state index contributed by atoms with van der Waals surface area (Å²) in [5.74, 6) is 0. The molecule has 0 N–H and O–H groups in total. The normalized spacial score (nSPS) is 17.1. The summed E-state index contributed by atoms with van der Waals surface area (Å²) in [6.45, 7) is 4.17. The second kappa shape index (κ2) is 7.10. The molecule has 0 aliphatic heterocycles. The van der Waals surface area contributed by atoms with Crippen LogP contribution in [0.2, 0.25) is 0 Å². The Morgan fingerprint density at radius 2 is 2.07 bits per heavy atom. The van der Waals surface area contributed by atoms with Crippen LogP contribution in [0.3, 0.4) is 0 Å². The van der Waals surface area contributed by atoms with E-state index >= 15 is 0 Å². The van der Waals surface area contributed by atoms with Gasteiger partial charge in [0.25, 0.3) is 0 Å². The van der Waals surface area contributed by atoms with Crippen molar-refractivity contribution in [3.63, 3.8) is 0 Å². The number of halogens is 3. The number of anilines is 1. The molecule has 0 spiro atoms. The zero-order valence-electron chi connectivity index (χ0n) is 15.5. The Morgan fingerprint density at radius 1 is 1.33 bits per heavy atom. The molecule has 0 bridgehead atoms. The van der Waals surface area contributed by atoms with E-state index < -0.39 is 11.7 Å². The highest BCUT2D eigenvalue weighted by molar-refractivity contribution is 5.67. The fraction of sp³-hybridized carbons (Fsp3) is 0.400. The quantitative estimate of drug-likeness (QED) is 0.753. The van der Waals surface area contributed by atoms with Crippen molar-refractivity contribution in [1.29, 1.82) is 5.26 Å². The van der Waals surface area contributed by atoms with Gasteiger partial charge in [-0.3, -0.25) is 0 Å². The summed E-state index contributed by atoms with van der Waals surface area (Å²) < 4.78 is 41.8. The van der Waals surface area contributed by atoms with Gasteiger partial charge in [-0.25, -0.2) is 4.98 Å². The van der Waals surface area contributed by atoms with Crippen molar-refractivity contribution in [3.05, 3.63) is 53.6 Å². The number of aromatic nitrogens is 2. The highest BCUT2D eigenvalue weighted by Gasteiger charge is 2.34. The van der Waals surface area contributed by atoms with Gasteiger partial charge in [-0.2, -0.15) is 18.4 Å². The Bertz CT molecular complexity index is 903. The minimum atomic E-state index is -4.55. The van der Waals surface area contributed by atoms with Crippen molar-refractivity contribution in [3.8, 4) is 6.07 Å². The summed E-state index contributed by atoms with van der Waals surface area (Å²) in [7, 11) is 1.79. The van der Waals surface area contributed by atoms with Crippen LogP contribution in [0.1, 0.15) is 49.6 Å². The fourth-order valence-electron chi connectivity index (χ4n) is 3.46. The van der Waals surface area contributed by atoms with Gasteiger partial charge in [-0.1, -0.05) is 6.08 Å². The number of hydrogen-bond donors (Lipinski definition) is 0. The van der Waals surface area contributed by atoms with Crippen LogP contribution in [0, 0.1) is 11.3 Å². The van der Waals surface area contributed by atoms with E-state index in [-0.39, 0.29) is 17.6 Å². The Hall–Kier alpha value is -2.75. The molecule has 4 nitrogen and oxygen atoms in total.